The van der Waals surface area contributed by atoms with Gasteiger partial charge < -0.3 is 10.6 Å². The third kappa shape index (κ3) is 2.35. The van der Waals surface area contributed by atoms with Crippen LogP contribution in [0.2, 0.25) is 0 Å². The van der Waals surface area contributed by atoms with Crippen molar-refractivity contribution in [2.24, 2.45) is 5.92 Å². The predicted octanol–water partition coefficient (Wildman–Crippen LogP) is 0.685. The SMILES string of the molecule is CCC1CC1NC(=O)[C@H]1CCN1.Cl. The molecule has 2 fully saturated rings. The minimum atomic E-state index is 0. The lowest BCUT2D eigenvalue weighted by atomic mass is 10.1. The van der Waals surface area contributed by atoms with Crippen LogP contribution in [0.5, 0.6) is 0 Å². The summed E-state index contributed by atoms with van der Waals surface area (Å²) < 4.78 is 0. The number of carbonyl (C=O) groups is 1. The average Bonchev–Trinajstić information content (AvgIpc) is 2.63. The quantitative estimate of drug-likeness (QED) is 0.710. The van der Waals surface area contributed by atoms with Crippen LogP contribution in [0.25, 0.3) is 0 Å². The maximum atomic E-state index is 11.4. The second kappa shape index (κ2) is 4.29. The van der Waals surface area contributed by atoms with E-state index in [0.717, 1.165) is 18.9 Å². The Bertz CT molecular complexity index is 194. The molecular formula is C9H17ClN2O. The Morgan fingerprint density at radius 1 is 1.62 bits per heavy atom. The van der Waals surface area contributed by atoms with Gasteiger partial charge >= 0.3 is 0 Å². The molecule has 0 radical (unpaired) electrons. The van der Waals surface area contributed by atoms with Gasteiger partial charge in [0.2, 0.25) is 5.91 Å². The van der Waals surface area contributed by atoms with Crippen molar-refractivity contribution in [3.63, 3.8) is 0 Å². The number of hydrogen-bond donors (Lipinski definition) is 2. The first-order valence-corrected chi connectivity index (χ1v) is 4.85. The molecule has 4 heteroatoms. The van der Waals surface area contributed by atoms with Crippen molar-refractivity contribution < 1.29 is 4.79 Å². The van der Waals surface area contributed by atoms with Gasteiger partial charge in [-0.25, -0.2) is 0 Å². The van der Waals surface area contributed by atoms with Crippen molar-refractivity contribution in [2.75, 3.05) is 6.54 Å². The molecule has 13 heavy (non-hydrogen) atoms. The molecule has 1 heterocycles. The predicted molar refractivity (Wildman–Crippen MR) is 54.0 cm³/mol. The molecule has 1 saturated carbocycles. The van der Waals surface area contributed by atoms with Crippen LogP contribution in [-0.2, 0) is 4.79 Å². The van der Waals surface area contributed by atoms with E-state index in [1.807, 2.05) is 0 Å². The number of halogens is 1. The first-order valence-electron chi connectivity index (χ1n) is 4.85. The van der Waals surface area contributed by atoms with Crippen molar-refractivity contribution >= 4 is 18.3 Å². The van der Waals surface area contributed by atoms with Crippen molar-refractivity contribution in [2.45, 2.75) is 38.3 Å². The molecule has 0 spiro atoms. The highest BCUT2D eigenvalue weighted by Gasteiger charge is 2.38. The molecule has 2 unspecified atom stereocenters. The Kier molecular flexibility index (Phi) is 3.56. The van der Waals surface area contributed by atoms with E-state index < -0.39 is 0 Å². The van der Waals surface area contributed by atoms with E-state index in [1.165, 1.54) is 12.8 Å². The van der Waals surface area contributed by atoms with Gasteiger partial charge in [0.15, 0.2) is 0 Å². The van der Waals surface area contributed by atoms with Crippen LogP contribution in [0.3, 0.4) is 0 Å². The Hall–Kier alpha value is -0.280. The third-order valence-corrected chi connectivity index (χ3v) is 2.91. The zero-order chi connectivity index (χ0) is 8.55. The maximum Gasteiger partial charge on any atom is 0.237 e. The molecular weight excluding hydrogens is 188 g/mol. The molecule has 76 valence electrons. The minimum Gasteiger partial charge on any atom is -0.352 e. The summed E-state index contributed by atoms with van der Waals surface area (Å²) in [7, 11) is 0. The molecule has 0 aromatic heterocycles. The number of carbonyl (C=O) groups excluding carboxylic acids is 1. The molecule has 1 aliphatic carbocycles. The molecule has 2 N–H and O–H groups in total. The summed E-state index contributed by atoms with van der Waals surface area (Å²) in [6.45, 7) is 3.18. The van der Waals surface area contributed by atoms with Gasteiger partial charge in [-0.05, 0) is 25.3 Å². The van der Waals surface area contributed by atoms with E-state index in [4.69, 9.17) is 0 Å². The molecule has 0 bridgehead atoms. The van der Waals surface area contributed by atoms with E-state index in [2.05, 4.69) is 17.6 Å². The Labute approximate surface area is 85.1 Å². The molecule has 3 nitrogen and oxygen atoms in total. The largest absolute Gasteiger partial charge is 0.352 e. The number of amides is 1. The van der Waals surface area contributed by atoms with E-state index in [-0.39, 0.29) is 24.4 Å². The number of hydrogen-bond acceptors (Lipinski definition) is 2. The van der Waals surface area contributed by atoms with Gasteiger partial charge in [-0.1, -0.05) is 13.3 Å². The monoisotopic (exact) mass is 204 g/mol. The van der Waals surface area contributed by atoms with Crippen molar-refractivity contribution in [3.05, 3.63) is 0 Å². The van der Waals surface area contributed by atoms with Gasteiger partial charge in [0, 0.05) is 6.04 Å². The molecule has 0 aromatic carbocycles. The van der Waals surface area contributed by atoms with Gasteiger partial charge in [0.1, 0.15) is 0 Å². The van der Waals surface area contributed by atoms with Crippen LogP contribution >= 0.6 is 12.4 Å². The number of nitrogens with one attached hydrogen (secondary N) is 2. The van der Waals surface area contributed by atoms with Crippen LogP contribution < -0.4 is 10.6 Å². The summed E-state index contributed by atoms with van der Waals surface area (Å²) in [5.74, 6) is 0.969. The number of rotatable bonds is 3. The van der Waals surface area contributed by atoms with Crippen LogP contribution in [-0.4, -0.2) is 24.5 Å². The maximum absolute atomic E-state index is 11.4. The first-order chi connectivity index (χ1) is 5.81. The van der Waals surface area contributed by atoms with Crippen LogP contribution in [0.4, 0.5) is 0 Å². The fraction of sp³-hybridized carbons (Fsp3) is 0.889. The highest BCUT2D eigenvalue weighted by Crippen LogP contribution is 2.33. The summed E-state index contributed by atoms with van der Waals surface area (Å²) >= 11 is 0. The summed E-state index contributed by atoms with van der Waals surface area (Å²) in [4.78, 5) is 11.4. The molecule has 0 aromatic rings. The summed E-state index contributed by atoms with van der Waals surface area (Å²) in [5, 5.41) is 6.15. The molecule has 1 amide bonds. The third-order valence-electron chi connectivity index (χ3n) is 2.91. The van der Waals surface area contributed by atoms with E-state index >= 15 is 0 Å². The topological polar surface area (TPSA) is 41.1 Å². The van der Waals surface area contributed by atoms with Gasteiger partial charge in [0.25, 0.3) is 0 Å². The van der Waals surface area contributed by atoms with Crippen molar-refractivity contribution in [1.29, 1.82) is 0 Å². The van der Waals surface area contributed by atoms with Gasteiger partial charge in [0.05, 0.1) is 6.04 Å². The van der Waals surface area contributed by atoms with Gasteiger partial charge in [-0.15, -0.1) is 12.4 Å². The van der Waals surface area contributed by atoms with E-state index in [1.54, 1.807) is 0 Å². The Balaban J connectivity index is 0.000000845. The summed E-state index contributed by atoms with van der Waals surface area (Å²) in [5.41, 5.74) is 0. The van der Waals surface area contributed by atoms with Gasteiger partial charge in [-0.2, -0.15) is 0 Å². The molecule has 1 saturated heterocycles. The Morgan fingerprint density at radius 3 is 2.69 bits per heavy atom. The average molecular weight is 205 g/mol. The van der Waals surface area contributed by atoms with Crippen molar-refractivity contribution in [3.8, 4) is 0 Å². The Morgan fingerprint density at radius 2 is 2.31 bits per heavy atom. The fourth-order valence-electron chi connectivity index (χ4n) is 1.67. The zero-order valence-electron chi connectivity index (χ0n) is 7.88. The lowest BCUT2D eigenvalue weighted by Crippen LogP contribution is -2.53. The van der Waals surface area contributed by atoms with Crippen LogP contribution in [0.1, 0.15) is 26.2 Å². The zero-order valence-corrected chi connectivity index (χ0v) is 8.69. The molecule has 2 aliphatic rings. The van der Waals surface area contributed by atoms with Crippen LogP contribution in [0, 0.1) is 5.92 Å². The fourth-order valence-corrected chi connectivity index (χ4v) is 1.67. The molecule has 3 atom stereocenters. The van der Waals surface area contributed by atoms with Crippen molar-refractivity contribution in [1.82, 2.24) is 10.6 Å². The highest BCUT2D eigenvalue weighted by molar-refractivity contribution is 5.85. The summed E-state index contributed by atoms with van der Waals surface area (Å²) in [6.07, 6.45) is 3.40. The summed E-state index contributed by atoms with van der Waals surface area (Å²) in [6, 6.07) is 0.605. The van der Waals surface area contributed by atoms with Gasteiger partial charge in [-0.3, -0.25) is 4.79 Å². The van der Waals surface area contributed by atoms with Crippen LogP contribution in [0.15, 0.2) is 0 Å². The second-order valence-corrected chi connectivity index (χ2v) is 3.81. The standard InChI is InChI=1S/C9H16N2O.ClH/c1-2-6-5-8(6)11-9(12)7-3-4-10-7;/h6-8,10H,2-5H2,1H3,(H,11,12);1H/t6?,7-,8?;/m1./s1. The first kappa shape index (κ1) is 10.8. The highest BCUT2D eigenvalue weighted by atomic mass is 35.5. The minimum absolute atomic E-state index is 0. The second-order valence-electron chi connectivity index (χ2n) is 3.81. The normalized spacial score (nSPS) is 35.6. The smallest absolute Gasteiger partial charge is 0.237 e. The lowest BCUT2D eigenvalue weighted by molar-refractivity contribution is -0.124. The lowest BCUT2D eigenvalue weighted by Gasteiger charge is -2.26. The molecule has 1 aliphatic heterocycles. The van der Waals surface area contributed by atoms with E-state index in [0.29, 0.717) is 6.04 Å². The van der Waals surface area contributed by atoms with E-state index in [9.17, 15) is 4.79 Å². The molecule has 2 rings (SSSR count).